The standard InChI is InChI=1S/C13H21N3O4S/c1-13(2,3)16-12(17)8-15-21(18,19)11-6-5-9(20-4)7-10(11)14/h5-7,15H,8,14H2,1-4H3,(H,16,17). The van der Waals surface area contributed by atoms with Crippen molar-refractivity contribution >= 4 is 21.6 Å². The number of carbonyl (C=O) groups excluding carboxylic acids is 1. The summed E-state index contributed by atoms with van der Waals surface area (Å²) in [5.74, 6) is 0.0371. The number of amides is 1. The zero-order valence-corrected chi connectivity index (χ0v) is 13.4. The Morgan fingerprint density at radius 3 is 2.43 bits per heavy atom. The van der Waals surface area contributed by atoms with Crippen LogP contribution in [0.4, 0.5) is 5.69 Å². The first kappa shape index (κ1) is 17.3. The highest BCUT2D eigenvalue weighted by molar-refractivity contribution is 7.89. The molecule has 0 heterocycles. The number of hydrogen-bond acceptors (Lipinski definition) is 5. The average Bonchev–Trinajstić information content (AvgIpc) is 2.34. The van der Waals surface area contributed by atoms with E-state index in [0.29, 0.717) is 5.75 Å². The number of anilines is 1. The van der Waals surface area contributed by atoms with Crippen LogP contribution >= 0.6 is 0 Å². The van der Waals surface area contributed by atoms with Gasteiger partial charge in [-0.25, -0.2) is 13.1 Å². The Bertz CT molecular complexity index is 621. The number of rotatable bonds is 5. The largest absolute Gasteiger partial charge is 0.497 e. The number of nitrogens with one attached hydrogen (secondary N) is 2. The fourth-order valence-electron chi connectivity index (χ4n) is 1.60. The summed E-state index contributed by atoms with van der Waals surface area (Å²) in [6.45, 7) is 5.06. The average molecular weight is 315 g/mol. The second-order valence-corrected chi connectivity index (χ2v) is 7.26. The molecule has 0 aliphatic heterocycles. The van der Waals surface area contributed by atoms with Gasteiger partial charge < -0.3 is 15.8 Å². The molecule has 21 heavy (non-hydrogen) atoms. The first-order valence-corrected chi connectivity index (χ1v) is 7.78. The van der Waals surface area contributed by atoms with Gasteiger partial charge in [-0.3, -0.25) is 4.79 Å². The summed E-state index contributed by atoms with van der Waals surface area (Å²) in [7, 11) is -2.40. The van der Waals surface area contributed by atoms with E-state index in [1.54, 1.807) is 20.8 Å². The van der Waals surface area contributed by atoms with Crippen LogP contribution in [0.2, 0.25) is 0 Å². The Balaban J connectivity index is 2.81. The number of ether oxygens (including phenoxy) is 1. The summed E-state index contributed by atoms with van der Waals surface area (Å²) in [5.41, 5.74) is 5.32. The van der Waals surface area contributed by atoms with Gasteiger partial charge in [0, 0.05) is 11.6 Å². The Hall–Kier alpha value is -1.80. The molecule has 0 saturated heterocycles. The van der Waals surface area contributed by atoms with E-state index in [9.17, 15) is 13.2 Å². The van der Waals surface area contributed by atoms with Gasteiger partial charge in [0.15, 0.2) is 0 Å². The van der Waals surface area contributed by atoms with Crippen LogP contribution in [-0.2, 0) is 14.8 Å². The van der Waals surface area contributed by atoms with E-state index in [1.807, 2.05) is 0 Å². The predicted molar refractivity (Wildman–Crippen MR) is 80.5 cm³/mol. The Kier molecular flexibility index (Phi) is 5.19. The lowest BCUT2D eigenvalue weighted by Gasteiger charge is -2.20. The van der Waals surface area contributed by atoms with Gasteiger partial charge in [-0.2, -0.15) is 0 Å². The SMILES string of the molecule is COc1ccc(S(=O)(=O)NCC(=O)NC(C)(C)C)c(N)c1. The smallest absolute Gasteiger partial charge is 0.243 e. The highest BCUT2D eigenvalue weighted by atomic mass is 32.2. The van der Waals surface area contributed by atoms with Crippen LogP contribution in [0.3, 0.4) is 0 Å². The van der Waals surface area contributed by atoms with Gasteiger partial charge in [0.25, 0.3) is 0 Å². The highest BCUT2D eigenvalue weighted by Gasteiger charge is 2.20. The van der Waals surface area contributed by atoms with Crippen molar-refractivity contribution in [2.24, 2.45) is 0 Å². The van der Waals surface area contributed by atoms with Crippen molar-refractivity contribution in [1.29, 1.82) is 0 Å². The maximum absolute atomic E-state index is 12.1. The molecule has 1 rings (SSSR count). The van der Waals surface area contributed by atoms with Gasteiger partial charge in [-0.05, 0) is 32.9 Å². The summed E-state index contributed by atoms with van der Waals surface area (Å²) < 4.78 is 31.4. The van der Waals surface area contributed by atoms with Gasteiger partial charge in [0.05, 0.1) is 19.3 Å². The van der Waals surface area contributed by atoms with Crippen LogP contribution in [0, 0.1) is 0 Å². The maximum atomic E-state index is 12.1. The summed E-state index contributed by atoms with van der Waals surface area (Å²) in [5, 5.41) is 2.66. The third-order valence-electron chi connectivity index (χ3n) is 2.44. The molecule has 0 atom stereocenters. The molecule has 0 aliphatic carbocycles. The number of methoxy groups -OCH3 is 1. The minimum Gasteiger partial charge on any atom is -0.497 e. The van der Waals surface area contributed by atoms with Gasteiger partial charge in [0.2, 0.25) is 15.9 Å². The second kappa shape index (κ2) is 6.31. The first-order chi connectivity index (χ1) is 9.55. The van der Waals surface area contributed by atoms with Crippen LogP contribution in [0.25, 0.3) is 0 Å². The van der Waals surface area contributed by atoms with Crippen molar-refractivity contribution < 1.29 is 17.9 Å². The Morgan fingerprint density at radius 1 is 1.33 bits per heavy atom. The molecule has 4 N–H and O–H groups in total. The van der Waals surface area contributed by atoms with Gasteiger partial charge >= 0.3 is 0 Å². The number of hydrogen-bond donors (Lipinski definition) is 3. The van der Waals surface area contributed by atoms with E-state index >= 15 is 0 Å². The summed E-state index contributed by atoms with van der Waals surface area (Å²) in [6.07, 6.45) is 0. The fourth-order valence-corrected chi connectivity index (χ4v) is 2.69. The molecule has 1 aromatic rings. The minimum absolute atomic E-state index is 0.0538. The van der Waals surface area contributed by atoms with Crippen molar-refractivity contribution in [3.63, 3.8) is 0 Å². The molecule has 0 bridgehead atoms. The van der Waals surface area contributed by atoms with Gasteiger partial charge in [-0.1, -0.05) is 0 Å². The van der Waals surface area contributed by atoms with Crippen LogP contribution in [0.15, 0.2) is 23.1 Å². The van der Waals surface area contributed by atoms with E-state index < -0.39 is 21.5 Å². The zero-order chi connectivity index (χ0) is 16.3. The van der Waals surface area contributed by atoms with Crippen molar-refractivity contribution in [3.8, 4) is 5.75 Å². The van der Waals surface area contributed by atoms with E-state index in [-0.39, 0.29) is 17.1 Å². The highest BCUT2D eigenvalue weighted by Crippen LogP contribution is 2.23. The Morgan fingerprint density at radius 2 is 1.95 bits per heavy atom. The van der Waals surface area contributed by atoms with Crippen molar-refractivity contribution in [3.05, 3.63) is 18.2 Å². The first-order valence-electron chi connectivity index (χ1n) is 6.29. The van der Waals surface area contributed by atoms with E-state index in [4.69, 9.17) is 10.5 Å². The number of nitrogens with two attached hydrogens (primary N) is 1. The number of carbonyl (C=O) groups is 1. The van der Waals surface area contributed by atoms with Crippen molar-refractivity contribution in [1.82, 2.24) is 10.0 Å². The van der Waals surface area contributed by atoms with E-state index in [1.165, 1.54) is 25.3 Å². The topological polar surface area (TPSA) is 111 Å². The molecule has 0 fully saturated rings. The molecule has 0 unspecified atom stereocenters. The quantitative estimate of drug-likeness (QED) is 0.684. The molecule has 118 valence electrons. The lowest BCUT2D eigenvalue weighted by atomic mass is 10.1. The third kappa shape index (κ3) is 5.24. The molecular weight excluding hydrogens is 294 g/mol. The maximum Gasteiger partial charge on any atom is 0.243 e. The molecule has 0 aromatic heterocycles. The lowest BCUT2D eigenvalue weighted by molar-refractivity contribution is -0.121. The van der Waals surface area contributed by atoms with Crippen LogP contribution in [0.1, 0.15) is 20.8 Å². The summed E-state index contributed by atoms with van der Waals surface area (Å²) in [4.78, 5) is 11.5. The second-order valence-electron chi connectivity index (χ2n) is 5.53. The Labute approximate surface area is 124 Å². The zero-order valence-electron chi connectivity index (χ0n) is 12.6. The van der Waals surface area contributed by atoms with Gasteiger partial charge in [0.1, 0.15) is 10.6 Å². The number of nitrogen functional groups attached to an aromatic ring is 1. The summed E-state index contributed by atoms with van der Waals surface area (Å²) >= 11 is 0. The lowest BCUT2D eigenvalue weighted by Crippen LogP contribution is -2.45. The molecule has 0 radical (unpaired) electrons. The molecule has 0 aliphatic rings. The van der Waals surface area contributed by atoms with Crippen LogP contribution in [0.5, 0.6) is 5.75 Å². The third-order valence-corrected chi connectivity index (χ3v) is 3.92. The number of sulfonamides is 1. The monoisotopic (exact) mass is 315 g/mol. The van der Waals surface area contributed by atoms with Crippen LogP contribution in [-0.4, -0.2) is 33.5 Å². The minimum atomic E-state index is -3.86. The van der Waals surface area contributed by atoms with Crippen LogP contribution < -0.4 is 20.5 Å². The van der Waals surface area contributed by atoms with E-state index in [0.717, 1.165) is 0 Å². The summed E-state index contributed by atoms with van der Waals surface area (Å²) in [6, 6.07) is 4.22. The molecule has 8 heteroatoms. The fraction of sp³-hybridized carbons (Fsp3) is 0.462. The molecule has 1 aromatic carbocycles. The van der Waals surface area contributed by atoms with Crippen molar-refractivity contribution in [2.45, 2.75) is 31.2 Å². The molecule has 0 spiro atoms. The van der Waals surface area contributed by atoms with E-state index in [2.05, 4.69) is 10.0 Å². The molecule has 7 nitrogen and oxygen atoms in total. The predicted octanol–water partition coefficient (Wildman–Crippen LogP) is 0.470. The molecule has 0 saturated carbocycles. The van der Waals surface area contributed by atoms with Gasteiger partial charge in [-0.15, -0.1) is 0 Å². The van der Waals surface area contributed by atoms with Crippen molar-refractivity contribution in [2.75, 3.05) is 19.4 Å². The number of benzene rings is 1. The normalized spacial score (nSPS) is 12.0. The molecule has 1 amide bonds. The molecular formula is C13H21N3O4S.